The Bertz CT molecular complexity index is 300. The summed E-state index contributed by atoms with van der Waals surface area (Å²) in [5.74, 6) is 0. The van der Waals surface area contributed by atoms with Crippen LogP contribution in [0.1, 0.15) is 20.3 Å². The van der Waals surface area contributed by atoms with Crippen LogP contribution in [0, 0.1) is 0 Å². The number of nitrogens with two attached hydrogens (primary N) is 1. The fourth-order valence-electron chi connectivity index (χ4n) is 1.50. The molecule has 0 saturated carbocycles. The number of aliphatic hydroxyl groups is 1. The van der Waals surface area contributed by atoms with Gasteiger partial charge in [-0.05, 0) is 20.3 Å². The molecule has 3 N–H and O–H groups in total. The van der Waals surface area contributed by atoms with E-state index < -0.39 is 20.9 Å². The van der Waals surface area contributed by atoms with E-state index >= 15 is 0 Å². The van der Waals surface area contributed by atoms with Crippen LogP contribution >= 0.6 is 0 Å². The minimum Gasteiger partial charge on any atom is -0.389 e. The minimum absolute atomic E-state index is 0.112. The molecule has 0 aromatic carbocycles. The molecule has 84 valence electrons. The highest BCUT2D eigenvalue weighted by Gasteiger charge is 2.39. The maximum atomic E-state index is 11.8. The van der Waals surface area contributed by atoms with Gasteiger partial charge < -0.3 is 10.8 Å². The molecule has 1 aliphatic rings. The van der Waals surface area contributed by atoms with E-state index in [4.69, 9.17) is 5.73 Å². The van der Waals surface area contributed by atoms with E-state index in [1.807, 2.05) is 0 Å². The van der Waals surface area contributed by atoms with Crippen molar-refractivity contribution < 1.29 is 13.5 Å². The molecule has 1 aliphatic heterocycles. The average Bonchev–Trinajstić information content (AvgIpc) is 2.45. The van der Waals surface area contributed by atoms with Crippen molar-refractivity contribution >= 4 is 10.0 Å². The summed E-state index contributed by atoms with van der Waals surface area (Å²) in [5, 5.41) is 9.07. The fourth-order valence-corrected chi connectivity index (χ4v) is 3.05. The number of sulfonamides is 1. The fraction of sp³-hybridized carbons (Fsp3) is 1.00. The summed E-state index contributed by atoms with van der Waals surface area (Å²) in [6.45, 7) is 3.92. The Labute approximate surface area is 84.9 Å². The second-order valence-corrected chi connectivity index (χ2v) is 6.52. The van der Waals surface area contributed by atoms with Crippen molar-refractivity contribution in [2.24, 2.45) is 5.73 Å². The van der Waals surface area contributed by atoms with Crippen LogP contribution in [0.25, 0.3) is 0 Å². The first-order valence-electron chi connectivity index (χ1n) is 4.71. The third-order valence-electron chi connectivity index (χ3n) is 2.62. The van der Waals surface area contributed by atoms with Gasteiger partial charge in [0, 0.05) is 19.6 Å². The molecule has 0 bridgehead atoms. The molecular weight excluding hydrogens is 204 g/mol. The van der Waals surface area contributed by atoms with Gasteiger partial charge in [-0.3, -0.25) is 0 Å². The first-order chi connectivity index (χ1) is 6.29. The van der Waals surface area contributed by atoms with Gasteiger partial charge in [0.05, 0.1) is 10.9 Å². The van der Waals surface area contributed by atoms with Crippen molar-refractivity contribution in [1.29, 1.82) is 0 Å². The van der Waals surface area contributed by atoms with Crippen LogP contribution in [0.2, 0.25) is 0 Å². The third kappa shape index (κ3) is 2.25. The molecule has 0 aromatic rings. The predicted octanol–water partition coefficient (Wildman–Crippen LogP) is -0.880. The Balaban J connectivity index is 2.77. The number of rotatable bonds is 3. The van der Waals surface area contributed by atoms with Crippen LogP contribution in [0.15, 0.2) is 0 Å². The lowest BCUT2D eigenvalue weighted by Crippen LogP contribution is -2.41. The van der Waals surface area contributed by atoms with Crippen molar-refractivity contribution in [3.05, 3.63) is 0 Å². The van der Waals surface area contributed by atoms with E-state index in [0.29, 0.717) is 13.0 Å². The Hall–Kier alpha value is -0.170. The van der Waals surface area contributed by atoms with E-state index in [-0.39, 0.29) is 13.1 Å². The zero-order valence-electron chi connectivity index (χ0n) is 8.60. The quantitative estimate of drug-likeness (QED) is 0.649. The lowest BCUT2D eigenvalue weighted by molar-refractivity contribution is 0.0762. The van der Waals surface area contributed by atoms with Crippen LogP contribution in [-0.4, -0.2) is 48.3 Å². The molecule has 0 radical (unpaired) electrons. The molecule has 2 unspecified atom stereocenters. The van der Waals surface area contributed by atoms with Crippen molar-refractivity contribution in [3.63, 3.8) is 0 Å². The first kappa shape index (κ1) is 11.9. The van der Waals surface area contributed by atoms with E-state index in [2.05, 4.69) is 0 Å². The Morgan fingerprint density at radius 1 is 1.64 bits per heavy atom. The van der Waals surface area contributed by atoms with Crippen LogP contribution < -0.4 is 5.73 Å². The van der Waals surface area contributed by atoms with Crippen LogP contribution in [0.4, 0.5) is 0 Å². The van der Waals surface area contributed by atoms with Crippen LogP contribution in [0.5, 0.6) is 0 Å². The van der Waals surface area contributed by atoms with Crippen molar-refractivity contribution in [2.45, 2.75) is 31.1 Å². The summed E-state index contributed by atoms with van der Waals surface area (Å²) in [6.07, 6.45) is 0.490. The number of β-amino-alcohol motifs (C(OH)–C–C–N with tert-alkyl or cyclic N) is 1. The molecule has 0 aromatic heterocycles. The van der Waals surface area contributed by atoms with E-state index in [9.17, 15) is 13.5 Å². The summed E-state index contributed by atoms with van der Waals surface area (Å²) >= 11 is 0. The molecule has 1 fully saturated rings. The second kappa shape index (κ2) is 3.77. The highest BCUT2D eigenvalue weighted by molar-refractivity contribution is 7.89. The van der Waals surface area contributed by atoms with E-state index in [1.165, 1.54) is 4.31 Å². The third-order valence-corrected chi connectivity index (χ3v) is 4.86. The molecule has 14 heavy (non-hydrogen) atoms. The van der Waals surface area contributed by atoms with Gasteiger partial charge in [0.25, 0.3) is 0 Å². The maximum absolute atomic E-state index is 11.8. The molecule has 2 atom stereocenters. The molecule has 1 heterocycles. The number of hydrogen-bond donors (Lipinski definition) is 2. The van der Waals surface area contributed by atoms with Gasteiger partial charge in [0.2, 0.25) is 10.0 Å². The SMILES string of the molecule is CC(CN)S(=O)(=O)N1CCC(C)(O)C1. The normalized spacial score (nSPS) is 32.0. The Morgan fingerprint density at radius 3 is 2.57 bits per heavy atom. The van der Waals surface area contributed by atoms with Gasteiger partial charge >= 0.3 is 0 Å². The highest BCUT2D eigenvalue weighted by atomic mass is 32.2. The number of nitrogens with zero attached hydrogens (tertiary/aromatic N) is 1. The molecule has 0 amide bonds. The summed E-state index contributed by atoms with van der Waals surface area (Å²) in [4.78, 5) is 0. The number of hydrogen-bond acceptors (Lipinski definition) is 4. The zero-order chi connectivity index (χ0) is 11.0. The highest BCUT2D eigenvalue weighted by Crippen LogP contribution is 2.24. The lowest BCUT2D eigenvalue weighted by atomic mass is 10.1. The van der Waals surface area contributed by atoms with E-state index in [1.54, 1.807) is 13.8 Å². The summed E-state index contributed by atoms with van der Waals surface area (Å²) in [7, 11) is -3.31. The molecule has 6 heteroatoms. The summed E-state index contributed by atoms with van der Waals surface area (Å²) < 4.78 is 24.9. The molecule has 5 nitrogen and oxygen atoms in total. The first-order valence-corrected chi connectivity index (χ1v) is 6.21. The second-order valence-electron chi connectivity index (χ2n) is 4.17. The van der Waals surface area contributed by atoms with Gasteiger partial charge in [-0.2, -0.15) is 4.31 Å². The largest absolute Gasteiger partial charge is 0.389 e. The lowest BCUT2D eigenvalue weighted by Gasteiger charge is -2.21. The van der Waals surface area contributed by atoms with E-state index in [0.717, 1.165) is 0 Å². The topological polar surface area (TPSA) is 83.6 Å². The van der Waals surface area contributed by atoms with Gasteiger partial charge in [0.15, 0.2) is 0 Å². The van der Waals surface area contributed by atoms with Gasteiger partial charge in [-0.25, -0.2) is 8.42 Å². The van der Waals surface area contributed by atoms with Crippen molar-refractivity contribution in [1.82, 2.24) is 4.31 Å². The Kier molecular flexibility index (Phi) is 3.20. The molecule has 0 aliphatic carbocycles. The smallest absolute Gasteiger partial charge is 0.218 e. The summed E-state index contributed by atoms with van der Waals surface area (Å²) in [6, 6.07) is 0. The van der Waals surface area contributed by atoms with Gasteiger partial charge in [0.1, 0.15) is 0 Å². The molecular formula is C8H18N2O3S. The summed E-state index contributed by atoms with van der Waals surface area (Å²) in [5.41, 5.74) is 4.44. The predicted molar refractivity (Wildman–Crippen MR) is 54.3 cm³/mol. The minimum atomic E-state index is -3.31. The monoisotopic (exact) mass is 222 g/mol. The van der Waals surface area contributed by atoms with Crippen LogP contribution in [0.3, 0.4) is 0 Å². The van der Waals surface area contributed by atoms with Crippen molar-refractivity contribution in [3.8, 4) is 0 Å². The molecule has 1 saturated heterocycles. The standard InChI is InChI=1S/C8H18N2O3S/c1-7(5-9)14(12,13)10-4-3-8(2,11)6-10/h7,11H,3-6,9H2,1-2H3. The van der Waals surface area contributed by atoms with Gasteiger partial charge in [-0.1, -0.05) is 0 Å². The molecule has 0 spiro atoms. The molecule has 1 rings (SSSR count). The Morgan fingerprint density at radius 2 is 2.21 bits per heavy atom. The maximum Gasteiger partial charge on any atom is 0.218 e. The van der Waals surface area contributed by atoms with Crippen LogP contribution in [-0.2, 0) is 10.0 Å². The average molecular weight is 222 g/mol. The zero-order valence-corrected chi connectivity index (χ0v) is 9.42. The van der Waals surface area contributed by atoms with Gasteiger partial charge in [-0.15, -0.1) is 0 Å². The van der Waals surface area contributed by atoms with Crippen molar-refractivity contribution in [2.75, 3.05) is 19.6 Å².